The summed E-state index contributed by atoms with van der Waals surface area (Å²) >= 11 is 0. The van der Waals surface area contributed by atoms with E-state index in [0.29, 0.717) is 11.5 Å². The third-order valence-corrected chi connectivity index (χ3v) is 3.30. The minimum absolute atomic E-state index is 0.531. The van der Waals surface area contributed by atoms with Crippen molar-refractivity contribution in [1.82, 2.24) is 0 Å². The molecule has 0 saturated carbocycles. The number of carbonyl (C=O) groups is 1. The second kappa shape index (κ2) is 6.24. The summed E-state index contributed by atoms with van der Waals surface area (Å²) in [6.07, 6.45) is 0.0898. The number of rotatable bonds is 3. The van der Waals surface area contributed by atoms with Crippen LogP contribution in [0.25, 0.3) is 0 Å². The molecule has 0 aliphatic rings. The van der Waals surface area contributed by atoms with E-state index in [-0.39, 0.29) is 0 Å². The van der Waals surface area contributed by atoms with Crippen LogP contribution in [0.2, 0.25) is 0 Å². The zero-order valence-corrected chi connectivity index (χ0v) is 12.0. The lowest BCUT2D eigenvalue weighted by Gasteiger charge is -2.11. The molecule has 0 amide bonds. The molecule has 0 aromatic heterocycles. The van der Waals surface area contributed by atoms with Crippen LogP contribution in [-0.4, -0.2) is 6.16 Å². The van der Waals surface area contributed by atoms with Crippen LogP contribution in [0.4, 0.5) is 4.79 Å². The molecule has 0 aliphatic carbocycles. The highest BCUT2D eigenvalue weighted by Gasteiger charge is 2.12. The molecule has 0 bridgehead atoms. The van der Waals surface area contributed by atoms with Crippen molar-refractivity contribution >= 4 is 6.16 Å². The van der Waals surface area contributed by atoms with Gasteiger partial charge in [-0.25, -0.2) is 4.79 Å². The van der Waals surface area contributed by atoms with Gasteiger partial charge in [0.1, 0.15) is 11.5 Å². The van der Waals surface area contributed by atoms with Crippen LogP contribution in [0.1, 0.15) is 23.6 Å². The number of ether oxygens (including phenoxy) is 2. The van der Waals surface area contributed by atoms with Gasteiger partial charge in [0.05, 0.1) is 0 Å². The summed E-state index contributed by atoms with van der Waals surface area (Å²) in [5.41, 5.74) is 2.99. The standard InChI is InChI=1S/C17H18O3/c1-4-14-9-5-6-10-16(14)20-17(18)19-15-11-7-8-12(2)13(15)3/h5-11H,4H2,1-3H3. The highest BCUT2D eigenvalue weighted by molar-refractivity contribution is 5.68. The van der Waals surface area contributed by atoms with Crippen molar-refractivity contribution < 1.29 is 14.3 Å². The summed E-state index contributed by atoms with van der Waals surface area (Å²) in [6, 6.07) is 13.0. The Hall–Kier alpha value is -2.29. The minimum Gasteiger partial charge on any atom is -0.394 e. The maximum absolute atomic E-state index is 11.9. The maximum Gasteiger partial charge on any atom is 0.519 e. The third kappa shape index (κ3) is 3.18. The lowest BCUT2D eigenvalue weighted by Crippen LogP contribution is -2.15. The van der Waals surface area contributed by atoms with E-state index in [1.807, 2.05) is 51.1 Å². The Morgan fingerprint density at radius 2 is 1.60 bits per heavy atom. The predicted molar refractivity (Wildman–Crippen MR) is 78.4 cm³/mol. The highest BCUT2D eigenvalue weighted by atomic mass is 16.7. The molecule has 104 valence electrons. The van der Waals surface area contributed by atoms with Gasteiger partial charge in [0.2, 0.25) is 0 Å². The van der Waals surface area contributed by atoms with Crippen LogP contribution in [0, 0.1) is 13.8 Å². The lowest BCUT2D eigenvalue weighted by atomic mass is 10.1. The molecule has 20 heavy (non-hydrogen) atoms. The van der Waals surface area contributed by atoms with Crippen LogP contribution in [0.3, 0.4) is 0 Å². The van der Waals surface area contributed by atoms with Crippen LogP contribution in [0.15, 0.2) is 42.5 Å². The van der Waals surface area contributed by atoms with Crippen LogP contribution < -0.4 is 9.47 Å². The third-order valence-electron chi connectivity index (χ3n) is 3.30. The fourth-order valence-electron chi connectivity index (χ4n) is 1.93. The number of para-hydroxylation sites is 1. The SMILES string of the molecule is CCc1ccccc1OC(=O)Oc1cccc(C)c1C. The Morgan fingerprint density at radius 3 is 2.35 bits per heavy atom. The zero-order chi connectivity index (χ0) is 14.5. The average Bonchev–Trinajstić information content (AvgIpc) is 2.44. The van der Waals surface area contributed by atoms with Crippen molar-refractivity contribution in [1.29, 1.82) is 0 Å². The Balaban J connectivity index is 2.11. The first-order valence-electron chi connectivity index (χ1n) is 6.65. The van der Waals surface area contributed by atoms with E-state index in [2.05, 4.69) is 0 Å². The molecule has 2 rings (SSSR count). The van der Waals surface area contributed by atoms with Gasteiger partial charge in [-0.2, -0.15) is 0 Å². The van der Waals surface area contributed by atoms with Crippen molar-refractivity contribution in [3.63, 3.8) is 0 Å². The van der Waals surface area contributed by atoms with Crippen LogP contribution >= 0.6 is 0 Å². The molecule has 2 aromatic rings. The van der Waals surface area contributed by atoms with Gasteiger partial charge in [-0.05, 0) is 49.1 Å². The van der Waals surface area contributed by atoms with Gasteiger partial charge in [0, 0.05) is 0 Å². The molecule has 2 aromatic carbocycles. The summed E-state index contributed by atoms with van der Waals surface area (Å²) < 4.78 is 10.5. The minimum atomic E-state index is -0.709. The molecule has 0 atom stereocenters. The molecular weight excluding hydrogens is 252 g/mol. The molecule has 0 unspecified atom stereocenters. The van der Waals surface area contributed by atoms with E-state index in [4.69, 9.17) is 9.47 Å². The van der Waals surface area contributed by atoms with Gasteiger partial charge < -0.3 is 9.47 Å². The zero-order valence-electron chi connectivity index (χ0n) is 12.0. The van der Waals surface area contributed by atoms with Crippen LogP contribution in [-0.2, 0) is 6.42 Å². The molecule has 0 heterocycles. The van der Waals surface area contributed by atoms with Gasteiger partial charge >= 0.3 is 6.16 Å². The highest BCUT2D eigenvalue weighted by Crippen LogP contribution is 2.23. The van der Waals surface area contributed by atoms with E-state index in [9.17, 15) is 4.79 Å². The lowest BCUT2D eigenvalue weighted by molar-refractivity contribution is 0.151. The average molecular weight is 270 g/mol. The quantitative estimate of drug-likeness (QED) is 0.611. The topological polar surface area (TPSA) is 35.5 Å². The molecule has 0 spiro atoms. The predicted octanol–water partition coefficient (Wildman–Crippen LogP) is 4.44. The van der Waals surface area contributed by atoms with Crippen LogP contribution in [0.5, 0.6) is 11.5 Å². The van der Waals surface area contributed by atoms with Gasteiger partial charge in [-0.1, -0.05) is 37.3 Å². The Morgan fingerprint density at radius 1 is 0.950 bits per heavy atom. The first-order valence-corrected chi connectivity index (χ1v) is 6.65. The fraction of sp³-hybridized carbons (Fsp3) is 0.235. The summed E-state index contributed by atoms with van der Waals surface area (Å²) in [6.45, 7) is 5.90. The van der Waals surface area contributed by atoms with Crippen molar-refractivity contribution in [3.05, 3.63) is 59.2 Å². The number of carbonyl (C=O) groups excluding carboxylic acids is 1. The van der Waals surface area contributed by atoms with E-state index < -0.39 is 6.16 Å². The van der Waals surface area contributed by atoms with E-state index in [1.54, 1.807) is 12.1 Å². The second-order valence-corrected chi connectivity index (χ2v) is 4.61. The Labute approximate surface area is 119 Å². The van der Waals surface area contributed by atoms with Crippen molar-refractivity contribution in [3.8, 4) is 11.5 Å². The summed E-state index contributed by atoms with van der Waals surface area (Å²) in [7, 11) is 0. The summed E-state index contributed by atoms with van der Waals surface area (Å²) in [5, 5.41) is 0. The smallest absolute Gasteiger partial charge is 0.394 e. The number of aryl methyl sites for hydroxylation is 2. The fourth-order valence-corrected chi connectivity index (χ4v) is 1.93. The van der Waals surface area contributed by atoms with Gasteiger partial charge in [-0.15, -0.1) is 0 Å². The van der Waals surface area contributed by atoms with Crippen molar-refractivity contribution in [2.24, 2.45) is 0 Å². The van der Waals surface area contributed by atoms with Gasteiger partial charge in [0.25, 0.3) is 0 Å². The molecule has 0 radical (unpaired) electrons. The normalized spacial score (nSPS) is 10.2. The molecule has 3 heteroatoms. The Bertz CT molecular complexity index is 617. The van der Waals surface area contributed by atoms with Gasteiger partial charge in [-0.3, -0.25) is 0 Å². The molecule has 0 aliphatic heterocycles. The number of hydrogen-bond acceptors (Lipinski definition) is 3. The van der Waals surface area contributed by atoms with Crippen molar-refractivity contribution in [2.75, 3.05) is 0 Å². The van der Waals surface area contributed by atoms with Gasteiger partial charge in [0.15, 0.2) is 0 Å². The second-order valence-electron chi connectivity index (χ2n) is 4.61. The van der Waals surface area contributed by atoms with E-state index in [1.165, 1.54) is 0 Å². The molecule has 0 fully saturated rings. The Kier molecular flexibility index (Phi) is 4.41. The number of benzene rings is 2. The van der Waals surface area contributed by atoms with E-state index >= 15 is 0 Å². The molecule has 0 N–H and O–H groups in total. The number of hydrogen-bond donors (Lipinski definition) is 0. The largest absolute Gasteiger partial charge is 0.519 e. The maximum atomic E-state index is 11.9. The summed E-state index contributed by atoms with van der Waals surface area (Å²) in [5.74, 6) is 1.08. The molecule has 0 saturated heterocycles. The van der Waals surface area contributed by atoms with E-state index in [0.717, 1.165) is 23.1 Å². The first-order chi connectivity index (χ1) is 9.61. The first kappa shape index (κ1) is 14.1. The molecule has 3 nitrogen and oxygen atoms in total. The monoisotopic (exact) mass is 270 g/mol. The molecular formula is C17H18O3. The summed E-state index contributed by atoms with van der Waals surface area (Å²) in [4.78, 5) is 11.9. The van der Waals surface area contributed by atoms with Crippen molar-refractivity contribution in [2.45, 2.75) is 27.2 Å².